The number of hydrogen-bond donors (Lipinski definition) is 0. The summed E-state index contributed by atoms with van der Waals surface area (Å²) in [5.41, 5.74) is 2.04. The second kappa shape index (κ2) is 5.58. The molecule has 0 spiro atoms. The third-order valence-corrected chi connectivity index (χ3v) is 4.88. The van der Waals surface area contributed by atoms with Gasteiger partial charge in [-0.3, -0.25) is 4.79 Å². The first-order chi connectivity index (χ1) is 11.2. The molecule has 0 bridgehead atoms. The van der Waals surface area contributed by atoms with Crippen molar-refractivity contribution in [3.8, 4) is 5.69 Å². The zero-order chi connectivity index (χ0) is 15.8. The maximum absolute atomic E-state index is 13.9. The number of carbonyl (C=O) groups excluding carboxylic acids is 1. The molecule has 1 aliphatic rings. The number of tetrazole rings is 1. The van der Waals surface area contributed by atoms with E-state index in [0.29, 0.717) is 11.6 Å². The summed E-state index contributed by atoms with van der Waals surface area (Å²) >= 11 is 1.26. The minimum Gasteiger partial charge on any atom is -0.293 e. The van der Waals surface area contributed by atoms with E-state index >= 15 is 0 Å². The molecule has 5 nitrogen and oxygen atoms in total. The van der Waals surface area contributed by atoms with Crippen LogP contribution in [-0.4, -0.2) is 31.2 Å². The highest BCUT2D eigenvalue weighted by molar-refractivity contribution is 8.00. The van der Waals surface area contributed by atoms with Crippen LogP contribution < -0.4 is 0 Å². The van der Waals surface area contributed by atoms with Gasteiger partial charge >= 0.3 is 0 Å². The summed E-state index contributed by atoms with van der Waals surface area (Å²) in [7, 11) is 0. The van der Waals surface area contributed by atoms with Gasteiger partial charge in [0.05, 0.1) is 5.25 Å². The van der Waals surface area contributed by atoms with Gasteiger partial charge in [0.1, 0.15) is 11.5 Å². The third kappa shape index (κ3) is 2.43. The number of benzene rings is 2. The molecule has 1 aliphatic carbocycles. The molecule has 3 aromatic rings. The SMILES string of the molecule is O=C1c2ccccc2C[C@@H]1Sc1nnnn1-c1ccccc1F. The largest absolute Gasteiger partial charge is 0.293 e. The number of thioether (sulfide) groups is 1. The van der Waals surface area contributed by atoms with E-state index in [1.807, 2.05) is 24.3 Å². The fourth-order valence-corrected chi connectivity index (χ4v) is 3.72. The van der Waals surface area contributed by atoms with Crippen LogP contribution in [0.4, 0.5) is 4.39 Å². The van der Waals surface area contributed by atoms with E-state index in [4.69, 9.17) is 0 Å². The first-order valence-corrected chi connectivity index (χ1v) is 7.94. The lowest BCUT2D eigenvalue weighted by molar-refractivity contribution is 0.1000. The number of nitrogens with zero attached hydrogens (tertiary/aromatic N) is 4. The summed E-state index contributed by atoms with van der Waals surface area (Å²) in [5, 5.41) is 11.5. The Bertz CT molecular complexity index is 895. The van der Waals surface area contributed by atoms with Crippen molar-refractivity contribution in [2.75, 3.05) is 0 Å². The van der Waals surface area contributed by atoms with E-state index in [1.54, 1.807) is 18.2 Å². The van der Waals surface area contributed by atoms with Gasteiger partial charge in [0.2, 0.25) is 5.16 Å². The number of fused-ring (bicyclic) bond motifs is 1. The van der Waals surface area contributed by atoms with Crippen LogP contribution in [-0.2, 0) is 6.42 Å². The normalized spacial score (nSPS) is 16.6. The van der Waals surface area contributed by atoms with Gasteiger partial charge in [-0.25, -0.2) is 4.39 Å². The number of hydrogen-bond acceptors (Lipinski definition) is 5. The summed E-state index contributed by atoms with van der Waals surface area (Å²) in [6, 6.07) is 13.8. The van der Waals surface area contributed by atoms with E-state index in [2.05, 4.69) is 15.5 Å². The Labute approximate surface area is 135 Å². The smallest absolute Gasteiger partial charge is 0.214 e. The molecule has 0 unspecified atom stereocenters. The standard InChI is InChI=1S/C16H11FN4OS/c17-12-7-3-4-8-13(12)21-16(18-19-20-21)23-14-9-10-5-1-2-6-11(10)15(14)22/h1-8,14H,9H2/t14-/m0/s1. The van der Waals surface area contributed by atoms with Crippen molar-refractivity contribution in [3.63, 3.8) is 0 Å². The molecule has 1 atom stereocenters. The van der Waals surface area contributed by atoms with Gasteiger partial charge in [-0.1, -0.05) is 48.2 Å². The number of aromatic nitrogens is 4. The summed E-state index contributed by atoms with van der Waals surface area (Å²) in [6.45, 7) is 0. The van der Waals surface area contributed by atoms with Crippen LogP contribution in [0.15, 0.2) is 53.7 Å². The first kappa shape index (κ1) is 14.1. The molecular weight excluding hydrogens is 315 g/mol. The highest BCUT2D eigenvalue weighted by Crippen LogP contribution is 2.34. The van der Waals surface area contributed by atoms with Crippen molar-refractivity contribution < 1.29 is 9.18 Å². The number of halogens is 1. The quantitative estimate of drug-likeness (QED) is 0.740. The predicted molar refractivity (Wildman–Crippen MR) is 83.2 cm³/mol. The van der Waals surface area contributed by atoms with Crippen LogP contribution >= 0.6 is 11.8 Å². The molecule has 0 saturated heterocycles. The Kier molecular flexibility index (Phi) is 3.42. The number of Topliss-reactive ketones (excluding diaryl/α,β-unsaturated/α-hetero) is 1. The maximum atomic E-state index is 13.9. The molecule has 1 aromatic heterocycles. The molecule has 0 saturated carbocycles. The Balaban J connectivity index is 1.64. The van der Waals surface area contributed by atoms with Gasteiger partial charge < -0.3 is 0 Å². The zero-order valence-electron chi connectivity index (χ0n) is 11.9. The lowest BCUT2D eigenvalue weighted by Crippen LogP contribution is -2.13. The minimum absolute atomic E-state index is 0.0636. The summed E-state index contributed by atoms with van der Waals surface area (Å²) in [4.78, 5) is 12.5. The molecule has 0 amide bonds. The Morgan fingerprint density at radius 1 is 1.13 bits per heavy atom. The van der Waals surface area contributed by atoms with Gasteiger partial charge in [-0.15, -0.1) is 5.10 Å². The van der Waals surface area contributed by atoms with Crippen molar-refractivity contribution in [2.45, 2.75) is 16.8 Å². The van der Waals surface area contributed by atoms with E-state index in [0.717, 1.165) is 11.1 Å². The predicted octanol–water partition coefficient (Wildman–Crippen LogP) is 2.70. The van der Waals surface area contributed by atoms with Crippen LogP contribution in [0.1, 0.15) is 15.9 Å². The Hall–Kier alpha value is -2.54. The number of para-hydroxylation sites is 1. The molecule has 2 aromatic carbocycles. The lowest BCUT2D eigenvalue weighted by Gasteiger charge is -2.08. The minimum atomic E-state index is -0.414. The third-order valence-electron chi connectivity index (χ3n) is 3.75. The van der Waals surface area contributed by atoms with E-state index in [-0.39, 0.29) is 16.7 Å². The highest BCUT2D eigenvalue weighted by atomic mass is 32.2. The van der Waals surface area contributed by atoms with Crippen LogP contribution in [0.25, 0.3) is 5.69 Å². The molecule has 23 heavy (non-hydrogen) atoms. The molecule has 0 N–H and O–H groups in total. The van der Waals surface area contributed by atoms with Crippen LogP contribution in [0.5, 0.6) is 0 Å². The van der Waals surface area contributed by atoms with Gasteiger partial charge in [-0.2, -0.15) is 4.68 Å². The van der Waals surface area contributed by atoms with Gasteiger partial charge in [0.15, 0.2) is 5.78 Å². The monoisotopic (exact) mass is 326 g/mol. The van der Waals surface area contributed by atoms with Gasteiger partial charge in [0, 0.05) is 5.56 Å². The van der Waals surface area contributed by atoms with E-state index in [9.17, 15) is 9.18 Å². The van der Waals surface area contributed by atoms with Crippen LogP contribution in [0.2, 0.25) is 0 Å². The van der Waals surface area contributed by atoms with Crippen molar-refractivity contribution in [1.29, 1.82) is 0 Å². The Morgan fingerprint density at radius 2 is 1.91 bits per heavy atom. The van der Waals surface area contributed by atoms with Crippen LogP contribution in [0.3, 0.4) is 0 Å². The van der Waals surface area contributed by atoms with Crippen molar-refractivity contribution in [3.05, 3.63) is 65.5 Å². The fourth-order valence-electron chi connectivity index (χ4n) is 2.65. The number of carbonyl (C=O) groups is 1. The summed E-state index contributed by atoms with van der Waals surface area (Å²) in [5.74, 6) is -0.351. The molecule has 114 valence electrons. The van der Waals surface area contributed by atoms with Crippen molar-refractivity contribution in [1.82, 2.24) is 20.2 Å². The van der Waals surface area contributed by atoms with Gasteiger partial charge in [0.25, 0.3) is 0 Å². The van der Waals surface area contributed by atoms with E-state index in [1.165, 1.54) is 22.5 Å². The number of rotatable bonds is 3. The zero-order valence-corrected chi connectivity index (χ0v) is 12.7. The Morgan fingerprint density at radius 3 is 2.74 bits per heavy atom. The summed E-state index contributed by atoms with van der Waals surface area (Å²) < 4.78 is 15.3. The average Bonchev–Trinajstić information content (AvgIpc) is 3.14. The second-order valence-electron chi connectivity index (χ2n) is 5.16. The fraction of sp³-hybridized carbons (Fsp3) is 0.125. The lowest BCUT2D eigenvalue weighted by atomic mass is 10.1. The maximum Gasteiger partial charge on any atom is 0.214 e. The molecule has 0 fully saturated rings. The summed E-state index contributed by atoms with van der Waals surface area (Å²) in [6.07, 6.45) is 0.629. The second-order valence-corrected chi connectivity index (χ2v) is 6.33. The van der Waals surface area contributed by atoms with E-state index < -0.39 is 5.82 Å². The molecule has 0 radical (unpaired) electrons. The molecule has 0 aliphatic heterocycles. The van der Waals surface area contributed by atoms with Crippen LogP contribution in [0, 0.1) is 5.82 Å². The molecular formula is C16H11FN4OS. The number of ketones is 1. The molecule has 4 rings (SSSR count). The topological polar surface area (TPSA) is 60.7 Å². The highest BCUT2D eigenvalue weighted by Gasteiger charge is 2.32. The van der Waals surface area contributed by atoms with Gasteiger partial charge in [-0.05, 0) is 34.5 Å². The molecule has 7 heteroatoms. The average molecular weight is 326 g/mol. The first-order valence-electron chi connectivity index (χ1n) is 7.06. The molecule has 1 heterocycles. The van der Waals surface area contributed by atoms with Crippen molar-refractivity contribution >= 4 is 17.5 Å². The van der Waals surface area contributed by atoms with Crippen molar-refractivity contribution in [2.24, 2.45) is 0 Å².